The molecule has 2 N–H and O–H groups in total. The molecule has 0 amide bonds. The first kappa shape index (κ1) is 13.1. The predicted molar refractivity (Wildman–Crippen MR) is 75.6 cm³/mol. The lowest BCUT2D eigenvalue weighted by Crippen LogP contribution is -2.31. The van der Waals surface area contributed by atoms with E-state index in [1.807, 2.05) is 18.2 Å². The van der Waals surface area contributed by atoms with Crippen LogP contribution in [-0.2, 0) is 6.42 Å². The lowest BCUT2D eigenvalue weighted by Gasteiger charge is -2.24. The van der Waals surface area contributed by atoms with Crippen LogP contribution in [0.1, 0.15) is 17.2 Å². The smallest absolute Gasteiger partial charge is 0.163 e. The number of nitrogens with two attached hydrogens (primary N) is 1. The minimum Gasteiger partial charge on any atom is -0.369 e. The van der Waals surface area contributed by atoms with Crippen LogP contribution in [0.2, 0.25) is 0 Å². The first-order valence-corrected chi connectivity index (χ1v) is 6.69. The minimum atomic E-state index is -0.847. The number of hydrogen-bond donors (Lipinski definition) is 1. The van der Waals surface area contributed by atoms with E-state index in [1.165, 1.54) is 11.6 Å². The fourth-order valence-electron chi connectivity index (χ4n) is 2.74. The maximum atomic E-state index is 13.7. The van der Waals surface area contributed by atoms with Gasteiger partial charge in [0.25, 0.3) is 0 Å². The van der Waals surface area contributed by atoms with Crippen molar-refractivity contribution >= 4 is 5.69 Å². The summed E-state index contributed by atoms with van der Waals surface area (Å²) in [6.45, 7) is 1.35. The third-order valence-corrected chi connectivity index (χ3v) is 3.78. The van der Waals surface area contributed by atoms with E-state index in [0.29, 0.717) is 6.54 Å². The molecule has 4 heteroatoms. The van der Waals surface area contributed by atoms with E-state index in [1.54, 1.807) is 6.07 Å². The Kier molecular flexibility index (Phi) is 3.40. The van der Waals surface area contributed by atoms with Crippen molar-refractivity contribution in [3.05, 3.63) is 65.2 Å². The molecule has 0 bridgehead atoms. The molecule has 0 radical (unpaired) electrons. The van der Waals surface area contributed by atoms with Gasteiger partial charge in [0.1, 0.15) is 0 Å². The van der Waals surface area contributed by atoms with Gasteiger partial charge < -0.3 is 10.6 Å². The van der Waals surface area contributed by atoms with E-state index in [9.17, 15) is 8.78 Å². The highest BCUT2D eigenvalue weighted by Crippen LogP contribution is 2.29. The Morgan fingerprint density at radius 1 is 1.10 bits per heavy atom. The van der Waals surface area contributed by atoms with Crippen LogP contribution in [0, 0.1) is 11.6 Å². The monoisotopic (exact) mass is 274 g/mol. The molecule has 104 valence electrons. The Balaban J connectivity index is 1.81. The minimum absolute atomic E-state index is 0.231. The van der Waals surface area contributed by atoms with Crippen molar-refractivity contribution in [2.45, 2.75) is 12.5 Å². The van der Waals surface area contributed by atoms with Gasteiger partial charge in [-0.25, -0.2) is 8.78 Å². The van der Waals surface area contributed by atoms with Crippen LogP contribution in [0.4, 0.5) is 14.5 Å². The summed E-state index contributed by atoms with van der Waals surface area (Å²) in [7, 11) is 0. The van der Waals surface area contributed by atoms with Gasteiger partial charge in [0.05, 0.1) is 6.04 Å². The van der Waals surface area contributed by atoms with Crippen LogP contribution in [0.25, 0.3) is 0 Å². The van der Waals surface area contributed by atoms with Crippen molar-refractivity contribution in [2.75, 3.05) is 18.0 Å². The van der Waals surface area contributed by atoms with Gasteiger partial charge in [-0.3, -0.25) is 0 Å². The molecule has 0 aromatic heterocycles. The summed E-state index contributed by atoms with van der Waals surface area (Å²) in [6, 6.07) is 11.7. The molecule has 0 spiro atoms. The highest BCUT2D eigenvalue weighted by atomic mass is 19.2. The Bertz CT molecular complexity index is 628. The fourth-order valence-corrected chi connectivity index (χ4v) is 2.74. The zero-order chi connectivity index (χ0) is 14.1. The van der Waals surface area contributed by atoms with Crippen LogP contribution in [0.15, 0.2) is 42.5 Å². The van der Waals surface area contributed by atoms with Crippen LogP contribution in [0.5, 0.6) is 0 Å². The molecular formula is C16H16F2N2. The molecule has 2 nitrogen and oxygen atoms in total. The molecule has 1 atom stereocenters. The maximum absolute atomic E-state index is 13.7. The van der Waals surface area contributed by atoms with Crippen LogP contribution >= 0.6 is 0 Å². The molecule has 1 heterocycles. The summed E-state index contributed by atoms with van der Waals surface area (Å²) >= 11 is 0. The zero-order valence-corrected chi connectivity index (χ0v) is 11.0. The molecule has 20 heavy (non-hydrogen) atoms. The van der Waals surface area contributed by atoms with Gasteiger partial charge in [0, 0.05) is 24.3 Å². The summed E-state index contributed by atoms with van der Waals surface area (Å²) in [5, 5.41) is 0. The Morgan fingerprint density at radius 2 is 1.90 bits per heavy atom. The highest BCUT2D eigenvalue weighted by molar-refractivity contribution is 5.58. The van der Waals surface area contributed by atoms with Gasteiger partial charge in [-0.05, 0) is 24.1 Å². The normalized spacial score (nSPS) is 15.2. The van der Waals surface area contributed by atoms with Gasteiger partial charge in [0.15, 0.2) is 11.6 Å². The van der Waals surface area contributed by atoms with Gasteiger partial charge in [0.2, 0.25) is 0 Å². The Labute approximate surface area is 116 Å². The fraction of sp³-hybridized carbons (Fsp3) is 0.250. The van der Waals surface area contributed by atoms with Crippen molar-refractivity contribution < 1.29 is 8.78 Å². The van der Waals surface area contributed by atoms with E-state index >= 15 is 0 Å². The summed E-state index contributed by atoms with van der Waals surface area (Å²) in [5.41, 5.74) is 8.70. The van der Waals surface area contributed by atoms with E-state index in [0.717, 1.165) is 24.7 Å². The predicted octanol–water partition coefficient (Wildman–Crippen LogP) is 3.03. The van der Waals surface area contributed by atoms with Gasteiger partial charge in [-0.15, -0.1) is 0 Å². The second-order valence-electron chi connectivity index (χ2n) is 5.07. The number of halogens is 2. The molecule has 1 aliphatic rings. The second-order valence-corrected chi connectivity index (χ2v) is 5.07. The zero-order valence-electron chi connectivity index (χ0n) is 11.0. The number of hydrogen-bond acceptors (Lipinski definition) is 2. The number of nitrogens with zero attached hydrogens (tertiary/aromatic N) is 1. The third kappa shape index (κ3) is 2.27. The average molecular weight is 274 g/mol. The number of para-hydroxylation sites is 1. The lowest BCUT2D eigenvalue weighted by atomic mass is 10.1. The topological polar surface area (TPSA) is 29.3 Å². The summed E-state index contributed by atoms with van der Waals surface area (Å²) in [4.78, 5) is 2.13. The number of rotatable bonds is 3. The number of benzene rings is 2. The van der Waals surface area contributed by atoms with Crippen molar-refractivity contribution in [3.63, 3.8) is 0 Å². The van der Waals surface area contributed by atoms with E-state index in [4.69, 9.17) is 5.73 Å². The van der Waals surface area contributed by atoms with Crippen molar-refractivity contribution in [1.82, 2.24) is 0 Å². The summed E-state index contributed by atoms with van der Waals surface area (Å²) in [6.07, 6.45) is 0.967. The van der Waals surface area contributed by atoms with Gasteiger partial charge in [-0.2, -0.15) is 0 Å². The van der Waals surface area contributed by atoms with Crippen molar-refractivity contribution in [2.24, 2.45) is 5.73 Å². The second kappa shape index (κ2) is 5.21. The number of fused-ring (bicyclic) bond motifs is 1. The molecule has 1 aliphatic heterocycles. The molecule has 1 unspecified atom stereocenters. The SMILES string of the molecule is NC(CN1CCc2ccccc21)c1cccc(F)c1F. The van der Waals surface area contributed by atoms with Crippen molar-refractivity contribution in [1.29, 1.82) is 0 Å². The molecule has 2 aromatic carbocycles. The molecule has 0 aliphatic carbocycles. The number of anilines is 1. The maximum Gasteiger partial charge on any atom is 0.163 e. The van der Waals surface area contributed by atoms with Gasteiger partial charge in [-0.1, -0.05) is 30.3 Å². The van der Waals surface area contributed by atoms with E-state index in [2.05, 4.69) is 11.0 Å². The summed E-state index contributed by atoms with van der Waals surface area (Å²) < 4.78 is 27.0. The van der Waals surface area contributed by atoms with Crippen LogP contribution < -0.4 is 10.6 Å². The molecule has 0 saturated heterocycles. The lowest BCUT2D eigenvalue weighted by molar-refractivity contribution is 0.487. The highest BCUT2D eigenvalue weighted by Gasteiger charge is 2.22. The molecule has 2 aromatic rings. The Morgan fingerprint density at radius 3 is 2.75 bits per heavy atom. The van der Waals surface area contributed by atoms with Crippen LogP contribution in [0.3, 0.4) is 0 Å². The quantitative estimate of drug-likeness (QED) is 0.932. The molecular weight excluding hydrogens is 258 g/mol. The standard InChI is InChI=1S/C16H16F2N2/c17-13-6-3-5-12(16(13)18)14(19)10-20-9-8-11-4-1-2-7-15(11)20/h1-7,14H,8-10,19H2. The van der Waals surface area contributed by atoms with E-state index in [-0.39, 0.29) is 5.56 Å². The average Bonchev–Trinajstić information content (AvgIpc) is 2.85. The van der Waals surface area contributed by atoms with Gasteiger partial charge >= 0.3 is 0 Å². The molecule has 0 fully saturated rings. The first-order chi connectivity index (χ1) is 9.66. The van der Waals surface area contributed by atoms with Crippen molar-refractivity contribution in [3.8, 4) is 0 Å². The first-order valence-electron chi connectivity index (χ1n) is 6.69. The molecule has 0 saturated carbocycles. The third-order valence-electron chi connectivity index (χ3n) is 3.78. The Hall–Kier alpha value is -1.94. The largest absolute Gasteiger partial charge is 0.369 e. The molecule has 3 rings (SSSR count). The van der Waals surface area contributed by atoms with E-state index < -0.39 is 17.7 Å². The van der Waals surface area contributed by atoms with Crippen LogP contribution in [-0.4, -0.2) is 13.1 Å². The summed E-state index contributed by atoms with van der Waals surface area (Å²) in [5.74, 6) is -1.69.